The van der Waals surface area contributed by atoms with Crippen LogP contribution < -0.4 is 9.47 Å². The molecule has 0 aromatic heterocycles. The molecule has 4 N–H and O–H groups in total. The number of aromatic hydroxyl groups is 4. The van der Waals surface area contributed by atoms with Gasteiger partial charge in [0.15, 0.2) is 5.78 Å². The molecule has 0 saturated heterocycles. The lowest BCUT2D eigenvalue weighted by Crippen LogP contribution is -2.22. The van der Waals surface area contributed by atoms with Gasteiger partial charge in [0.05, 0.1) is 19.1 Å². The van der Waals surface area contributed by atoms with E-state index in [1.54, 1.807) is 0 Å². The maximum Gasteiger partial charge on any atom is 0.174 e. The summed E-state index contributed by atoms with van der Waals surface area (Å²) in [4.78, 5) is 12.7. The van der Waals surface area contributed by atoms with Crippen LogP contribution in [-0.4, -0.2) is 33.3 Å². The van der Waals surface area contributed by atoms with Gasteiger partial charge in [-0.05, 0) is 20.3 Å². The Hall–Kier alpha value is -3.35. The summed E-state index contributed by atoms with van der Waals surface area (Å²) < 4.78 is 10.9. The molecule has 28 heavy (non-hydrogen) atoms. The number of hydrogen-bond donors (Lipinski definition) is 4. The van der Waals surface area contributed by atoms with E-state index in [0.717, 1.165) is 11.6 Å². The Morgan fingerprint density at radius 3 is 2.32 bits per heavy atom. The van der Waals surface area contributed by atoms with Gasteiger partial charge >= 0.3 is 0 Å². The number of allylic oxidation sites excluding steroid dienone is 2. The fourth-order valence-electron chi connectivity index (χ4n) is 3.24. The molecule has 1 heterocycles. The minimum Gasteiger partial charge on any atom is -0.507 e. The Labute approximate surface area is 162 Å². The highest BCUT2D eigenvalue weighted by Crippen LogP contribution is 2.48. The molecule has 3 rings (SSSR count). The van der Waals surface area contributed by atoms with E-state index in [0.29, 0.717) is 5.56 Å². The van der Waals surface area contributed by atoms with Crippen molar-refractivity contribution in [2.75, 3.05) is 7.11 Å². The van der Waals surface area contributed by atoms with Crippen molar-refractivity contribution in [1.29, 1.82) is 0 Å². The topological polar surface area (TPSA) is 116 Å². The smallest absolute Gasteiger partial charge is 0.174 e. The summed E-state index contributed by atoms with van der Waals surface area (Å²) in [5, 5.41) is 41.0. The predicted molar refractivity (Wildman–Crippen MR) is 102 cm³/mol. The van der Waals surface area contributed by atoms with E-state index in [4.69, 9.17) is 9.47 Å². The highest BCUT2D eigenvalue weighted by molar-refractivity contribution is 6.03. The number of phenolic OH excluding ortho intramolecular Hbond substituents is 4. The molecule has 0 aliphatic carbocycles. The van der Waals surface area contributed by atoms with Crippen molar-refractivity contribution in [3.63, 3.8) is 0 Å². The first-order valence-electron chi connectivity index (χ1n) is 8.73. The van der Waals surface area contributed by atoms with E-state index in [9.17, 15) is 25.2 Å². The van der Waals surface area contributed by atoms with Crippen LogP contribution in [0.2, 0.25) is 0 Å². The highest BCUT2D eigenvalue weighted by Gasteiger charge is 2.36. The molecule has 1 unspecified atom stereocenters. The number of rotatable bonds is 4. The molecule has 2 aromatic carbocycles. The van der Waals surface area contributed by atoms with Gasteiger partial charge in [0.25, 0.3) is 0 Å². The van der Waals surface area contributed by atoms with E-state index >= 15 is 0 Å². The molecule has 148 valence electrons. The maximum absolute atomic E-state index is 12.7. The van der Waals surface area contributed by atoms with Crippen LogP contribution in [0.15, 0.2) is 29.8 Å². The second-order valence-corrected chi connectivity index (χ2v) is 6.90. The van der Waals surface area contributed by atoms with Gasteiger partial charge in [0.1, 0.15) is 46.2 Å². The van der Waals surface area contributed by atoms with Gasteiger partial charge in [0.2, 0.25) is 0 Å². The Balaban J connectivity index is 2.12. The van der Waals surface area contributed by atoms with E-state index in [1.165, 1.54) is 19.2 Å². The third-order valence-electron chi connectivity index (χ3n) is 4.63. The SMILES string of the molecule is COc1cc(O)c(C2CC(=O)c3c(O)cc(O)c(CC=C(C)C)c3O2)c(O)c1. The number of phenols is 4. The zero-order valence-corrected chi connectivity index (χ0v) is 15.8. The number of Topliss-reactive ketones (excluding diaryl/α,β-unsaturated/α-hetero) is 1. The summed E-state index contributed by atoms with van der Waals surface area (Å²) in [5.74, 6) is -1.27. The second kappa shape index (κ2) is 7.34. The zero-order valence-electron chi connectivity index (χ0n) is 15.8. The van der Waals surface area contributed by atoms with E-state index in [2.05, 4.69) is 0 Å². The lowest BCUT2D eigenvalue weighted by Gasteiger charge is -2.29. The highest BCUT2D eigenvalue weighted by atomic mass is 16.5. The molecule has 1 aliphatic rings. The van der Waals surface area contributed by atoms with E-state index < -0.39 is 11.9 Å². The normalized spacial score (nSPS) is 15.5. The van der Waals surface area contributed by atoms with Gasteiger partial charge in [-0.2, -0.15) is 0 Å². The Morgan fingerprint density at radius 2 is 1.75 bits per heavy atom. The molecule has 0 amide bonds. The minimum atomic E-state index is -0.988. The standard InChI is InChI=1S/C21H22O7/c1-10(2)4-5-12-13(22)8-16(25)20-17(26)9-18(28-21(12)20)19-14(23)6-11(27-3)7-15(19)24/h4,6-8,18,22-25H,5,9H2,1-3H3. The van der Waals surface area contributed by atoms with Gasteiger partial charge in [-0.25, -0.2) is 0 Å². The van der Waals surface area contributed by atoms with Crippen molar-refractivity contribution in [3.05, 3.63) is 46.5 Å². The molecule has 0 bridgehead atoms. The molecule has 7 nitrogen and oxygen atoms in total. The number of benzene rings is 2. The maximum atomic E-state index is 12.7. The second-order valence-electron chi connectivity index (χ2n) is 6.90. The van der Waals surface area contributed by atoms with Crippen LogP contribution in [0.25, 0.3) is 0 Å². The summed E-state index contributed by atoms with van der Waals surface area (Å²) in [7, 11) is 1.39. The van der Waals surface area contributed by atoms with E-state index in [1.807, 2.05) is 19.9 Å². The van der Waals surface area contributed by atoms with Crippen molar-refractivity contribution in [1.82, 2.24) is 0 Å². The number of hydrogen-bond acceptors (Lipinski definition) is 7. The fourth-order valence-corrected chi connectivity index (χ4v) is 3.24. The molecule has 0 saturated carbocycles. The van der Waals surface area contributed by atoms with Gasteiger partial charge in [-0.1, -0.05) is 11.6 Å². The van der Waals surface area contributed by atoms with Crippen LogP contribution in [0.5, 0.6) is 34.5 Å². The Kier molecular flexibility index (Phi) is 5.09. The van der Waals surface area contributed by atoms with Crippen molar-refractivity contribution >= 4 is 5.78 Å². The number of ketones is 1. The average Bonchev–Trinajstić information content (AvgIpc) is 2.59. The van der Waals surface area contributed by atoms with Crippen LogP contribution in [0.1, 0.15) is 47.9 Å². The van der Waals surface area contributed by atoms with Gasteiger partial charge < -0.3 is 29.9 Å². The van der Waals surface area contributed by atoms with Crippen molar-refractivity contribution in [2.45, 2.75) is 32.8 Å². The van der Waals surface area contributed by atoms with Crippen LogP contribution in [0.3, 0.4) is 0 Å². The molecule has 1 atom stereocenters. The van der Waals surface area contributed by atoms with Gasteiger partial charge in [-0.15, -0.1) is 0 Å². The molecule has 7 heteroatoms. The quantitative estimate of drug-likeness (QED) is 0.592. The Morgan fingerprint density at radius 1 is 1.11 bits per heavy atom. The van der Waals surface area contributed by atoms with Crippen LogP contribution >= 0.6 is 0 Å². The number of ether oxygens (including phenoxy) is 2. The van der Waals surface area contributed by atoms with Crippen LogP contribution in [0, 0.1) is 0 Å². The van der Waals surface area contributed by atoms with Gasteiger partial charge in [0, 0.05) is 23.8 Å². The monoisotopic (exact) mass is 386 g/mol. The summed E-state index contributed by atoms with van der Waals surface area (Å²) >= 11 is 0. The summed E-state index contributed by atoms with van der Waals surface area (Å²) in [6.07, 6.45) is 0.960. The average molecular weight is 386 g/mol. The molecule has 0 fully saturated rings. The predicted octanol–water partition coefficient (Wildman–Crippen LogP) is 3.73. The molecule has 1 aliphatic heterocycles. The Bertz CT molecular complexity index is 948. The van der Waals surface area contributed by atoms with Crippen molar-refractivity contribution < 1.29 is 34.7 Å². The van der Waals surface area contributed by atoms with Crippen molar-refractivity contribution in [2.24, 2.45) is 0 Å². The first kappa shape index (κ1) is 19.4. The lowest BCUT2D eigenvalue weighted by atomic mass is 9.91. The molecule has 0 radical (unpaired) electrons. The minimum absolute atomic E-state index is 0.0151. The van der Waals surface area contributed by atoms with Crippen molar-refractivity contribution in [3.8, 4) is 34.5 Å². The lowest BCUT2D eigenvalue weighted by molar-refractivity contribution is 0.0836. The third kappa shape index (κ3) is 3.43. The van der Waals surface area contributed by atoms with Crippen LogP contribution in [0.4, 0.5) is 0 Å². The molecule has 0 spiro atoms. The van der Waals surface area contributed by atoms with Crippen LogP contribution in [-0.2, 0) is 6.42 Å². The summed E-state index contributed by atoms with van der Waals surface area (Å²) in [6, 6.07) is 3.74. The summed E-state index contributed by atoms with van der Waals surface area (Å²) in [6.45, 7) is 3.79. The first-order valence-corrected chi connectivity index (χ1v) is 8.73. The molecular formula is C21H22O7. The van der Waals surface area contributed by atoms with E-state index in [-0.39, 0.29) is 58.5 Å². The van der Waals surface area contributed by atoms with Gasteiger partial charge in [-0.3, -0.25) is 4.79 Å². The number of carbonyl (C=O) groups excluding carboxylic acids is 1. The molecule has 2 aromatic rings. The third-order valence-corrected chi connectivity index (χ3v) is 4.63. The molecular weight excluding hydrogens is 364 g/mol. The fraction of sp³-hybridized carbons (Fsp3) is 0.286. The first-order chi connectivity index (χ1) is 13.2. The zero-order chi connectivity index (χ0) is 20.6. The largest absolute Gasteiger partial charge is 0.507 e. The number of methoxy groups -OCH3 is 1. The number of fused-ring (bicyclic) bond motifs is 1. The number of carbonyl (C=O) groups is 1. The summed E-state index contributed by atoms with van der Waals surface area (Å²) in [5.41, 5.74) is 1.37.